The Morgan fingerprint density at radius 2 is 2.60 bits per heavy atom. The second-order valence-electron chi connectivity index (χ2n) is 0.372. The highest BCUT2D eigenvalue weighted by Crippen LogP contribution is 1.62. The molecule has 0 aromatic carbocycles. The summed E-state index contributed by atoms with van der Waals surface area (Å²) in [6.45, 7) is 0.360. The van der Waals surface area contributed by atoms with Crippen molar-refractivity contribution in [1.82, 2.24) is 0 Å². The molecular weight excluding hydrogens is 108 g/mol. The third-order valence-electron chi connectivity index (χ3n) is 0.131. The number of rotatable bonds is 2. The van der Waals surface area contributed by atoms with E-state index in [1.165, 1.54) is 0 Å². The van der Waals surface area contributed by atoms with Crippen LogP contribution in [-0.2, 0) is 9.22 Å². The second-order valence-corrected chi connectivity index (χ2v) is 1.58. The minimum atomic E-state index is -0.982. The number of hydrogen-bond donors (Lipinski definition) is 0. The van der Waals surface area contributed by atoms with Crippen molar-refractivity contribution in [1.29, 1.82) is 0 Å². The van der Waals surface area contributed by atoms with E-state index in [4.69, 9.17) is 15.9 Å². The van der Waals surface area contributed by atoms with Gasteiger partial charge in [0.15, 0.2) is 0 Å². The Hall–Kier alpha value is -0.0231. The van der Waals surface area contributed by atoms with Crippen molar-refractivity contribution in [2.75, 3.05) is 0 Å². The summed E-state index contributed by atoms with van der Waals surface area (Å²) >= 11 is 4.99. The summed E-state index contributed by atoms with van der Waals surface area (Å²) in [5, 5.41) is 0. The van der Waals surface area contributed by atoms with Gasteiger partial charge < -0.3 is 4.43 Å². The van der Waals surface area contributed by atoms with Crippen LogP contribution in [0.1, 0.15) is 0 Å². The quantitative estimate of drug-likeness (QED) is 0.270. The minimum absolute atomic E-state index is 0.360. The number of halogens is 1. The van der Waals surface area contributed by atoms with Gasteiger partial charge in [-0.05, 0) is 0 Å². The summed E-state index contributed by atoms with van der Waals surface area (Å²) in [5.41, 5.74) is 0. The molecule has 0 unspecified atom stereocenters. The molecule has 0 saturated carbocycles. The first-order valence-corrected chi connectivity index (χ1v) is 3.74. The van der Waals surface area contributed by atoms with E-state index < -0.39 is 9.07 Å². The molecule has 5 heavy (non-hydrogen) atoms. The average molecular weight is 111 g/mol. The maximum Gasteiger partial charge on any atom is 0.319 e. The summed E-state index contributed by atoms with van der Waals surface area (Å²) < 4.78 is 4.06. The van der Waals surface area contributed by atoms with Crippen LogP contribution in [-0.4, -0.2) is 15.5 Å². The molecular formula is CH3ClO2Si. The molecule has 0 amide bonds. The van der Waals surface area contributed by atoms with Crippen molar-refractivity contribution >= 4 is 26.6 Å². The van der Waals surface area contributed by atoms with Crippen LogP contribution in [0.5, 0.6) is 0 Å². The Labute approximate surface area is 36.7 Å². The first-order chi connectivity index (χ1) is 2.41. The monoisotopic (exact) mass is 110 g/mol. The fraction of sp³-hybridized carbons (Fsp3) is 0. The van der Waals surface area contributed by atoms with Crippen LogP contribution < -0.4 is 0 Å². The summed E-state index contributed by atoms with van der Waals surface area (Å²) in [6, 6.07) is 0. The molecule has 0 aliphatic rings. The third-order valence-corrected chi connectivity index (χ3v) is 0.771. The van der Waals surface area contributed by atoms with E-state index in [0.29, 0.717) is 6.47 Å². The molecule has 0 radical (unpaired) electrons. The fourth-order valence-electron chi connectivity index (χ4n) is 0.0257. The molecule has 0 rings (SSSR count). The Kier molecular flexibility index (Phi) is 3.96. The average Bonchev–Trinajstić information content (AvgIpc) is 1.41. The molecule has 0 fully saturated rings. The molecule has 30 valence electrons. The maximum absolute atomic E-state index is 9.13. The highest BCUT2D eigenvalue weighted by molar-refractivity contribution is 6.90. The molecule has 0 bridgehead atoms. The lowest BCUT2D eigenvalue weighted by Gasteiger charge is -1.77. The maximum atomic E-state index is 9.13. The highest BCUT2D eigenvalue weighted by Gasteiger charge is 1.66. The third kappa shape index (κ3) is 3.98. The molecule has 0 aromatic heterocycles. The van der Waals surface area contributed by atoms with E-state index in [-0.39, 0.29) is 0 Å². The molecule has 0 saturated heterocycles. The number of hydrogen-bond acceptors (Lipinski definition) is 2. The van der Waals surface area contributed by atoms with Gasteiger partial charge in [0, 0.05) is 0 Å². The predicted molar refractivity (Wildman–Crippen MR) is 21.5 cm³/mol. The number of carbonyl (C=O) groups is 1. The van der Waals surface area contributed by atoms with Crippen molar-refractivity contribution < 1.29 is 9.22 Å². The van der Waals surface area contributed by atoms with Crippen LogP contribution in [0.4, 0.5) is 0 Å². The summed E-state index contributed by atoms with van der Waals surface area (Å²) in [5.74, 6) is 0. The molecule has 0 heterocycles. The topological polar surface area (TPSA) is 26.3 Å². The van der Waals surface area contributed by atoms with Gasteiger partial charge in [-0.3, -0.25) is 4.79 Å². The van der Waals surface area contributed by atoms with Crippen molar-refractivity contribution in [2.45, 2.75) is 0 Å². The molecule has 0 aliphatic carbocycles. The summed E-state index contributed by atoms with van der Waals surface area (Å²) in [7, 11) is -0.982. The van der Waals surface area contributed by atoms with Gasteiger partial charge in [0.2, 0.25) is 0 Å². The van der Waals surface area contributed by atoms with Crippen LogP contribution in [0.25, 0.3) is 0 Å². The normalized spacial score (nSPS) is 9.00. The van der Waals surface area contributed by atoms with E-state index in [1.807, 2.05) is 0 Å². The van der Waals surface area contributed by atoms with Gasteiger partial charge in [0.25, 0.3) is 6.47 Å². The molecule has 0 spiro atoms. The summed E-state index contributed by atoms with van der Waals surface area (Å²) in [4.78, 5) is 9.13. The first-order valence-electron chi connectivity index (χ1n) is 1.03. The van der Waals surface area contributed by atoms with Gasteiger partial charge in [0.05, 0.1) is 0 Å². The minimum Gasteiger partial charge on any atom is -0.512 e. The number of carbonyl (C=O) groups excluding carboxylic acids is 1. The van der Waals surface area contributed by atoms with Gasteiger partial charge in [-0.2, -0.15) is 0 Å². The van der Waals surface area contributed by atoms with Gasteiger partial charge >= 0.3 is 9.07 Å². The molecule has 0 aromatic rings. The van der Waals surface area contributed by atoms with Crippen molar-refractivity contribution in [3.8, 4) is 0 Å². The first kappa shape index (κ1) is 4.98. The second kappa shape index (κ2) is 3.98. The standard InChI is InChI=1S/CH3ClO2Si/c2-5-4-1-3/h1H,5H2. The molecule has 2 nitrogen and oxygen atoms in total. The Bertz CT molecular complexity index is 30.8. The van der Waals surface area contributed by atoms with Crippen LogP contribution in [0, 0.1) is 0 Å². The lowest BCUT2D eigenvalue weighted by Crippen LogP contribution is -1.82. The smallest absolute Gasteiger partial charge is 0.319 e. The van der Waals surface area contributed by atoms with Gasteiger partial charge in [-0.1, -0.05) is 0 Å². The SMILES string of the molecule is O=CO[SiH2]Cl. The van der Waals surface area contributed by atoms with E-state index in [9.17, 15) is 0 Å². The lowest BCUT2D eigenvalue weighted by atomic mass is 11.7. The van der Waals surface area contributed by atoms with Gasteiger partial charge in [-0.15, -0.1) is 11.1 Å². The van der Waals surface area contributed by atoms with Crippen LogP contribution in [0.15, 0.2) is 0 Å². The van der Waals surface area contributed by atoms with Crippen LogP contribution >= 0.6 is 11.1 Å². The van der Waals surface area contributed by atoms with Gasteiger partial charge in [0.1, 0.15) is 0 Å². The van der Waals surface area contributed by atoms with Crippen LogP contribution in [0.2, 0.25) is 0 Å². The van der Waals surface area contributed by atoms with E-state index in [1.54, 1.807) is 0 Å². The highest BCUT2D eigenvalue weighted by atomic mass is 35.6. The zero-order chi connectivity index (χ0) is 4.12. The summed E-state index contributed by atoms with van der Waals surface area (Å²) in [6.07, 6.45) is 0. The van der Waals surface area contributed by atoms with Crippen molar-refractivity contribution in [3.63, 3.8) is 0 Å². The molecule has 0 N–H and O–H groups in total. The van der Waals surface area contributed by atoms with E-state index in [2.05, 4.69) is 4.43 Å². The predicted octanol–water partition coefficient (Wildman–Crippen LogP) is -0.603. The van der Waals surface area contributed by atoms with E-state index in [0.717, 1.165) is 0 Å². The van der Waals surface area contributed by atoms with Crippen molar-refractivity contribution in [3.05, 3.63) is 0 Å². The lowest BCUT2D eigenvalue weighted by molar-refractivity contribution is -0.120. The van der Waals surface area contributed by atoms with Gasteiger partial charge in [-0.25, -0.2) is 0 Å². The molecule has 4 heteroatoms. The fourth-order valence-corrected chi connectivity index (χ4v) is 0.231. The largest absolute Gasteiger partial charge is 0.512 e. The van der Waals surface area contributed by atoms with Crippen molar-refractivity contribution in [2.24, 2.45) is 0 Å². The zero-order valence-corrected chi connectivity index (χ0v) is 4.65. The Morgan fingerprint density at radius 1 is 2.00 bits per heavy atom. The molecule has 0 atom stereocenters. The Balaban J connectivity index is 2.40. The Morgan fingerprint density at radius 3 is 2.60 bits per heavy atom. The van der Waals surface area contributed by atoms with E-state index >= 15 is 0 Å². The molecule has 0 aliphatic heterocycles. The van der Waals surface area contributed by atoms with Crippen LogP contribution in [0.3, 0.4) is 0 Å². The zero-order valence-electron chi connectivity index (χ0n) is 2.48.